The Bertz CT molecular complexity index is 2170. The molecule has 2 aromatic rings. The summed E-state index contributed by atoms with van der Waals surface area (Å²) in [5.74, 6) is 1.16. The van der Waals surface area contributed by atoms with Gasteiger partial charge in [0.2, 0.25) is 0 Å². The predicted octanol–water partition coefficient (Wildman–Crippen LogP) is 8.89. The lowest BCUT2D eigenvalue weighted by molar-refractivity contribution is -0.198. The number of Topliss-reactive ketones (excluding diaryl/α,β-unsaturated/α-hetero) is 2. The van der Waals surface area contributed by atoms with Crippen molar-refractivity contribution in [3.8, 4) is 5.75 Å². The van der Waals surface area contributed by atoms with E-state index in [0.29, 0.717) is 50.6 Å². The summed E-state index contributed by atoms with van der Waals surface area (Å²) in [6.07, 6.45) is 9.71. The Labute approximate surface area is 376 Å². The summed E-state index contributed by atoms with van der Waals surface area (Å²) in [6.45, 7) is 16.9. The number of allylic oxidation sites excluding steroid dienone is 2. The molecule has 6 fully saturated rings. The standard InChI is InChI=1S/C54H77N3O6/c1-31(21-42(59)48-54(7,63-48)39-16-12-15-37(39)33-13-11-14-35(55)24-33)45-40-17-18-44-51(4)26-38(34-22-32(29-56-8)23-36(58)25-34)47(61)50(3)20-10-9-19-49(2,62)30-57-41(46(50)51)27-53(44,6)52(40,5)28-43(45)60/h11,13-14,22-25,31,37-39,41-42,44,46,48,56-59,62H,9-10,12,15-21,26-30,55H2,1-8H3. The van der Waals surface area contributed by atoms with Gasteiger partial charge in [-0.05, 0) is 166 Å². The fourth-order valence-corrected chi connectivity index (χ4v) is 16.5. The molecule has 344 valence electrons. The lowest BCUT2D eigenvalue weighted by atomic mass is 9.34. The van der Waals surface area contributed by atoms with Crippen LogP contribution in [0.4, 0.5) is 5.69 Å². The summed E-state index contributed by atoms with van der Waals surface area (Å²) >= 11 is 0. The number of phenols is 1. The number of nitrogens with one attached hydrogen (secondary N) is 2. The van der Waals surface area contributed by atoms with E-state index < -0.39 is 28.1 Å². The maximum Gasteiger partial charge on any atom is 0.159 e. The van der Waals surface area contributed by atoms with Crippen LogP contribution < -0.4 is 16.4 Å². The van der Waals surface area contributed by atoms with E-state index in [-0.39, 0.29) is 64.0 Å². The van der Waals surface area contributed by atoms with E-state index in [1.54, 1.807) is 6.07 Å². The van der Waals surface area contributed by atoms with E-state index >= 15 is 4.79 Å². The number of nitrogen functional groups attached to an aromatic ring is 1. The van der Waals surface area contributed by atoms with Crippen molar-refractivity contribution in [3.63, 3.8) is 0 Å². The molecule has 0 spiro atoms. The van der Waals surface area contributed by atoms with Gasteiger partial charge in [0.1, 0.15) is 17.6 Å². The summed E-state index contributed by atoms with van der Waals surface area (Å²) in [7, 11) is 1.90. The maximum absolute atomic E-state index is 15.4. The van der Waals surface area contributed by atoms with Crippen LogP contribution in [0.15, 0.2) is 53.6 Å². The molecule has 7 N–H and O–H groups in total. The molecule has 2 heterocycles. The Morgan fingerprint density at radius 2 is 1.71 bits per heavy atom. The minimum atomic E-state index is -0.863. The highest BCUT2D eigenvalue weighted by atomic mass is 16.6. The average molecular weight is 864 g/mol. The second kappa shape index (κ2) is 15.8. The first-order valence-electron chi connectivity index (χ1n) is 24.6. The van der Waals surface area contributed by atoms with E-state index in [1.807, 2.05) is 32.2 Å². The van der Waals surface area contributed by atoms with Crippen LogP contribution >= 0.6 is 0 Å². The Morgan fingerprint density at radius 1 is 0.952 bits per heavy atom. The number of aromatic hydroxyl groups is 1. The van der Waals surface area contributed by atoms with Crippen LogP contribution in [-0.2, 0) is 20.9 Å². The number of ketones is 2. The third-order valence-electron chi connectivity index (χ3n) is 19.4. The maximum atomic E-state index is 15.4. The van der Waals surface area contributed by atoms with Gasteiger partial charge < -0.3 is 36.4 Å². The summed E-state index contributed by atoms with van der Waals surface area (Å²) < 4.78 is 6.52. The SMILES string of the molecule is CNCc1cc(O)cc(C2CC3(C)C4C(CC5(C)C3CCC3=C(C(C)CC(O)C6OC6(C)C6CCCC6c6cccc(N)c6)C(=O)CC35C)NCC(C)(O)CCCCC4(C)C2=O)c1. The van der Waals surface area contributed by atoms with Crippen molar-refractivity contribution in [2.75, 3.05) is 19.3 Å². The van der Waals surface area contributed by atoms with Gasteiger partial charge in [-0.25, -0.2) is 0 Å². The molecule has 0 radical (unpaired) electrons. The zero-order valence-electron chi connectivity index (χ0n) is 39.5. The summed E-state index contributed by atoms with van der Waals surface area (Å²) in [6, 6.07) is 14.0. The van der Waals surface area contributed by atoms with Gasteiger partial charge in [-0.2, -0.15) is 0 Å². The van der Waals surface area contributed by atoms with Crippen molar-refractivity contribution in [1.29, 1.82) is 0 Å². The molecule has 2 aliphatic heterocycles. The number of nitrogens with two attached hydrogens (primary N) is 1. The molecule has 0 amide bonds. The molecule has 15 unspecified atom stereocenters. The smallest absolute Gasteiger partial charge is 0.159 e. The van der Waals surface area contributed by atoms with E-state index in [1.165, 1.54) is 11.1 Å². The van der Waals surface area contributed by atoms with Gasteiger partial charge in [-0.1, -0.05) is 77.7 Å². The molecule has 4 saturated carbocycles. The number of ether oxygens (including phenoxy) is 1. The Kier molecular flexibility index (Phi) is 11.3. The minimum Gasteiger partial charge on any atom is -0.508 e. The number of rotatable bonds is 9. The van der Waals surface area contributed by atoms with Crippen molar-refractivity contribution in [2.24, 2.45) is 45.3 Å². The highest BCUT2D eigenvalue weighted by molar-refractivity contribution is 6.00. The predicted molar refractivity (Wildman–Crippen MR) is 248 cm³/mol. The third kappa shape index (κ3) is 7.19. The number of fused-ring (bicyclic) bond motifs is 4. The van der Waals surface area contributed by atoms with Crippen LogP contribution in [0.25, 0.3) is 0 Å². The van der Waals surface area contributed by atoms with E-state index in [2.05, 4.69) is 70.4 Å². The van der Waals surface area contributed by atoms with Gasteiger partial charge in [0, 0.05) is 48.0 Å². The van der Waals surface area contributed by atoms with Crippen LogP contribution in [0.5, 0.6) is 5.75 Å². The number of hydrogen-bond donors (Lipinski definition) is 6. The highest BCUT2D eigenvalue weighted by Crippen LogP contribution is 2.75. The number of aliphatic hydroxyl groups excluding tert-OH is 1. The summed E-state index contributed by atoms with van der Waals surface area (Å²) in [5.41, 5.74) is 9.49. The fraction of sp³-hybridized carbons (Fsp3) is 0.704. The molecule has 15 atom stereocenters. The second-order valence-corrected chi connectivity index (χ2v) is 23.5. The quantitative estimate of drug-likeness (QED) is 0.107. The molecule has 0 bridgehead atoms. The Hall–Kier alpha value is -3.08. The first-order valence-corrected chi connectivity index (χ1v) is 24.6. The van der Waals surface area contributed by atoms with Gasteiger partial charge in [0.05, 0.1) is 17.3 Å². The number of anilines is 1. The number of epoxide rings is 1. The fourth-order valence-electron chi connectivity index (χ4n) is 16.5. The van der Waals surface area contributed by atoms with E-state index in [0.717, 1.165) is 80.2 Å². The number of phenolic OH excluding ortho intramolecular Hbond substituents is 1. The normalized spacial score (nSPS) is 43.5. The molecular formula is C54H77N3O6. The largest absolute Gasteiger partial charge is 0.508 e. The number of aliphatic hydroxyl groups is 2. The van der Waals surface area contributed by atoms with Crippen molar-refractivity contribution in [3.05, 3.63) is 70.3 Å². The number of benzene rings is 2. The number of β-amino-alcohol motifs (C(OH)–C–C–N with tert-alkyl or cyclic N) is 1. The van der Waals surface area contributed by atoms with E-state index in [4.69, 9.17) is 10.5 Å². The highest BCUT2D eigenvalue weighted by Gasteiger charge is 2.72. The molecule has 9 rings (SSSR count). The zero-order chi connectivity index (χ0) is 45.1. The Morgan fingerprint density at radius 3 is 2.46 bits per heavy atom. The van der Waals surface area contributed by atoms with Crippen molar-refractivity contribution >= 4 is 17.3 Å². The topological polar surface area (TPSA) is 157 Å². The lowest BCUT2D eigenvalue weighted by Crippen LogP contribution is -2.70. The molecule has 9 heteroatoms. The number of carbonyl (C=O) groups is 2. The number of carbonyl (C=O) groups excluding carboxylic acids is 2. The number of hydrogen-bond acceptors (Lipinski definition) is 9. The van der Waals surface area contributed by atoms with E-state index in [9.17, 15) is 20.1 Å². The second-order valence-electron chi connectivity index (χ2n) is 23.5. The molecule has 5 aliphatic carbocycles. The summed E-state index contributed by atoms with van der Waals surface area (Å²) in [4.78, 5) is 30.1. The molecule has 7 aliphatic rings. The van der Waals surface area contributed by atoms with Gasteiger partial charge >= 0.3 is 0 Å². The minimum absolute atomic E-state index is 0.0363. The van der Waals surface area contributed by atoms with Crippen molar-refractivity contribution in [2.45, 2.75) is 180 Å². The monoisotopic (exact) mass is 864 g/mol. The summed E-state index contributed by atoms with van der Waals surface area (Å²) in [5, 5.41) is 41.8. The molecule has 0 aromatic heterocycles. The first kappa shape index (κ1) is 45.1. The van der Waals surface area contributed by atoms with Crippen molar-refractivity contribution < 1.29 is 29.6 Å². The van der Waals surface area contributed by atoms with Crippen LogP contribution in [0, 0.1) is 45.3 Å². The molecular weight excluding hydrogens is 787 g/mol. The van der Waals surface area contributed by atoms with Crippen molar-refractivity contribution in [1.82, 2.24) is 10.6 Å². The Balaban J connectivity index is 1.04. The van der Waals surface area contributed by atoms with Crippen LogP contribution in [0.1, 0.15) is 160 Å². The van der Waals surface area contributed by atoms with Gasteiger partial charge in [0.15, 0.2) is 5.78 Å². The molecule has 63 heavy (non-hydrogen) atoms. The average Bonchev–Trinajstić information content (AvgIpc) is 3.51. The van der Waals surface area contributed by atoms with Gasteiger partial charge in [-0.3, -0.25) is 9.59 Å². The molecule has 2 saturated heterocycles. The van der Waals surface area contributed by atoms with Crippen LogP contribution in [-0.4, -0.2) is 69.9 Å². The third-order valence-corrected chi connectivity index (χ3v) is 19.4. The zero-order valence-corrected chi connectivity index (χ0v) is 39.5. The first-order chi connectivity index (χ1) is 29.7. The van der Waals surface area contributed by atoms with Gasteiger partial charge in [-0.15, -0.1) is 0 Å². The molecule has 9 nitrogen and oxygen atoms in total. The van der Waals surface area contributed by atoms with Gasteiger partial charge in [0.25, 0.3) is 0 Å². The van der Waals surface area contributed by atoms with Crippen LogP contribution in [0.2, 0.25) is 0 Å². The van der Waals surface area contributed by atoms with Crippen LogP contribution in [0.3, 0.4) is 0 Å². The molecule has 2 aromatic carbocycles. The lowest BCUT2D eigenvalue weighted by Gasteiger charge is -2.71.